The van der Waals surface area contributed by atoms with Gasteiger partial charge in [0.05, 0.1) is 6.04 Å². The zero-order valence-electron chi connectivity index (χ0n) is 16.5. The molecule has 1 unspecified atom stereocenters. The summed E-state index contributed by atoms with van der Waals surface area (Å²) in [4.78, 5) is 6.47. The number of ether oxygens (including phenoxy) is 1. The molecule has 1 aromatic heterocycles. The summed E-state index contributed by atoms with van der Waals surface area (Å²) in [5, 5.41) is 3.99. The fourth-order valence-electron chi connectivity index (χ4n) is 2.78. The van der Waals surface area contributed by atoms with E-state index in [-0.39, 0.29) is 17.7 Å². The molecule has 150 valence electrons. The Bertz CT molecular complexity index is 749. The average Bonchev–Trinajstić information content (AvgIpc) is 3.02. The van der Waals surface area contributed by atoms with Crippen LogP contribution in [0.15, 0.2) is 16.7 Å². The van der Waals surface area contributed by atoms with E-state index in [0.29, 0.717) is 29.4 Å². The Morgan fingerprint density at radius 2 is 1.74 bits per heavy atom. The number of hydrogen-bond donors (Lipinski definition) is 0. The second-order valence-electron chi connectivity index (χ2n) is 7.20. The van der Waals surface area contributed by atoms with E-state index in [9.17, 15) is 13.2 Å². The van der Waals surface area contributed by atoms with Crippen LogP contribution in [-0.2, 0) is 6.54 Å². The van der Waals surface area contributed by atoms with Crippen LogP contribution in [0.1, 0.15) is 61.1 Å². The molecule has 0 fully saturated rings. The number of aryl methyl sites for hydroxylation is 2. The van der Waals surface area contributed by atoms with Crippen LogP contribution < -0.4 is 4.74 Å². The third-order valence-corrected chi connectivity index (χ3v) is 4.32. The van der Waals surface area contributed by atoms with Crippen LogP contribution in [0.25, 0.3) is 0 Å². The molecule has 0 aliphatic rings. The van der Waals surface area contributed by atoms with E-state index in [1.165, 1.54) is 0 Å². The zero-order valence-corrected chi connectivity index (χ0v) is 16.5. The molecule has 27 heavy (non-hydrogen) atoms. The molecule has 1 atom stereocenters. The standard InChI is InChI=1S/C19H26F3N3O2/c1-11(2)17-23-18(27-24-17)14(5)25(6)9-15-7-12(3)16(13(4)8-15)26-10-19(20,21)22/h7-8,11,14H,9-10H2,1-6H3. The monoisotopic (exact) mass is 385 g/mol. The molecule has 0 radical (unpaired) electrons. The van der Waals surface area contributed by atoms with Gasteiger partial charge in [-0.1, -0.05) is 31.1 Å². The number of nitrogens with zero attached hydrogens (tertiary/aromatic N) is 3. The molecule has 0 aliphatic carbocycles. The Labute approximate surface area is 157 Å². The summed E-state index contributed by atoms with van der Waals surface area (Å²) in [6.45, 7) is 8.76. The van der Waals surface area contributed by atoms with Crippen LogP contribution in [0, 0.1) is 13.8 Å². The molecule has 0 bridgehead atoms. The van der Waals surface area contributed by atoms with E-state index in [4.69, 9.17) is 9.26 Å². The molecule has 0 aliphatic heterocycles. The molecule has 2 rings (SSSR count). The summed E-state index contributed by atoms with van der Waals surface area (Å²) in [7, 11) is 1.93. The smallest absolute Gasteiger partial charge is 0.422 e. The molecule has 2 aromatic rings. The maximum absolute atomic E-state index is 12.4. The molecular weight excluding hydrogens is 359 g/mol. The molecule has 0 saturated carbocycles. The lowest BCUT2D eigenvalue weighted by molar-refractivity contribution is -0.153. The van der Waals surface area contributed by atoms with Crippen LogP contribution in [0.2, 0.25) is 0 Å². The van der Waals surface area contributed by atoms with Gasteiger partial charge in [0.2, 0.25) is 5.89 Å². The summed E-state index contributed by atoms with van der Waals surface area (Å²) < 4.78 is 47.5. The van der Waals surface area contributed by atoms with Gasteiger partial charge in [0.15, 0.2) is 12.4 Å². The second kappa shape index (κ2) is 8.29. The van der Waals surface area contributed by atoms with Crippen molar-refractivity contribution in [3.05, 3.63) is 40.5 Å². The van der Waals surface area contributed by atoms with E-state index in [0.717, 1.165) is 5.56 Å². The first-order valence-corrected chi connectivity index (χ1v) is 8.81. The largest absolute Gasteiger partial charge is 0.484 e. The number of hydrogen-bond acceptors (Lipinski definition) is 5. The maximum atomic E-state index is 12.4. The van der Waals surface area contributed by atoms with Gasteiger partial charge in [-0.3, -0.25) is 4.90 Å². The highest BCUT2D eigenvalue weighted by atomic mass is 19.4. The Morgan fingerprint density at radius 3 is 2.22 bits per heavy atom. The van der Waals surface area contributed by atoms with Gasteiger partial charge < -0.3 is 9.26 Å². The van der Waals surface area contributed by atoms with Crippen molar-refractivity contribution in [3.63, 3.8) is 0 Å². The molecular formula is C19H26F3N3O2. The predicted molar refractivity (Wildman–Crippen MR) is 95.7 cm³/mol. The van der Waals surface area contributed by atoms with E-state index >= 15 is 0 Å². The van der Waals surface area contributed by atoms with E-state index in [1.54, 1.807) is 13.8 Å². The zero-order chi connectivity index (χ0) is 20.4. The molecule has 0 saturated heterocycles. The van der Waals surface area contributed by atoms with Crippen molar-refractivity contribution in [3.8, 4) is 5.75 Å². The predicted octanol–water partition coefficient (Wildman–Crippen LogP) is 4.94. The number of halogens is 3. The van der Waals surface area contributed by atoms with Gasteiger partial charge in [0, 0.05) is 12.5 Å². The summed E-state index contributed by atoms with van der Waals surface area (Å²) in [6.07, 6.45) is -4.36. The van der Waals surface area contributed by atoms with Crippen LogP contribution in [0.5, 0.6) is 5.75 Å². The summed E-state index contributed by atoms with van der Waals surface area (Å²) in [5.41, 5.74) is 2.33. The molecule has 0 N–H and O–H groups in total. The van der Waals surface area contributed by atoms with Gasteiger partial charge in [0.1, 0.15) is 5.75 Å². The maximum Gasteiger partial charge on any atom is 0.422 e. The quantitative estimate of drug-likeness (QED) is 0.675. The van der Waals surface area contributed by atoms with Crippen LogP contribution in [0.4, 0.5) is 13.2 Å². The molecule has 1 aromatic carbocycles. The van der Waals surface area contributed by atoms with E-state index in [1.807, 2.05) is 44.9 Å². The number of alkyl halides is 3. The van der Waals surface area contributed by atoms with Crippen molar-refractivity contribution in [2.45, 2.75) is 59.3 Å². The van der Waals surface area contributed by atoms with Crippen molar-refractivity contribution in [1.29, 1.82) is 0 Å². The first-order valence-electron chi connectivity index (χ1n) is 8.81. The minimum Gasteiger partial charge on any atom is -0.484 e. The lowest BCUT2D eigenvalue weighted by Crippen LogP contribution is -2.23. The highest BCUT2D eigenvalue weighted by Crippen LogP contribution is 2.29. The summed E-state index contributed by atoms with van der Waals surface area (Å²) >= 11 is 0. The van der Waals surface area contributed by atoms with Crippen LogP contribution >= 0.6 is 0 Å². The minimum absolute atomic E-state index is 0.0910. The van der Waals surface area contributed by atoms with Gasteiger partial charge >= 0.3 is 6.18 Å². The van der Waals surface area contributed by atoms with Crippen LogP contribution in [0.3, 0.4) is 0 Å². The SMILES string of the molecule is Cc1cc(CN(C)C(C)c2nc(C(C)C)no2)cc(C)c1OCC(F)(F)F. The highest BCUT2D eigenvalue weighted by molar-refractivity contribution is 5.43. The summed E-state index contributed by atoms with van der Waals surface area (Å²) in [6, 6.07) is 3.59. The van der Waals surface area contributed by atoms with Gasteiger partial charge in [0.25, 0.3) is 0 Å². The van der Waals surface area contributed by atoms with Gasteiger partial charge in [-0.15, -0.1) is 0 Å². The topological polar surface area (TPSA) is 51.4 Å². The van der Waals surface area contributed by atoms with Crippen molar-refractivity contribution in [1.82, 2.24) is 15.0 Å². The Balaban J connectivity index is 2.09. The summed E-state index contributed by atoms with van der Waals surface area (Å²) in [5.74, 6) is 1.68. The highest BCUT2D eigenvalue weighted by Gasteiger charge is 2.29. The molecule has 0 spiro atoms. The first kappa shape index (κ1) is 21.2. The normalized spacial score (nSPS) is 13.4. The Morgan fingerprint density at radius 1 is 1.15 bits per heavy atom. The molecule has 8 heteroatoms. The van der Waals surface area contributed by atoms with Crippen molar-refractivity contribution < 1.29 is 22.4 Å². The van der Waals surface area contributed by atoms with Gasteiger partial charge in [-0.25, -0.2) is 0 Å². The molecule has 1 heterocycles. The number of benzene rings is 1. The van der Waals surface area contributed by atoms with Gasteiger partial charge in [-0.2, -0.15) is 18.2 Å². The van der Waals surface area contributed by atoms with Crippen molar-refractivity contribution in [2.24, 2.45) is 0 Å². The molecule has 5 nitrogen and oxygen atoms in total. The lowest BCUT2D eigenvalue weighted by Gasteiger charge is -2.23. The van der Waals surface area contributed by atoms with E-state index in [2.05, 4.69) is 10.1 Å². The van der Waals surface area contributed by atoms with Gasteiger partial charge in [-0.05, 0) is 44.5 Å². The molecule has 0 amide bonds. The fourth-order valence-corrected chi connectivity index (χ4v) is 2.78. The van der Waals surface area contributed by atoms with Crippen molar-refractivity contribution >= 4 is 0 Å². The number of aromatic nitrogens is 2. The van der Waals surface area contributed by atoms with Crippen LogP contribution in [-0.4, -0.2) is 34.9 Å². The average molecular weight is 385 g/mol. The third-order valence-electron chi connectivity index (χ3n) is 4.32. The second-order valence-corrected chi connectivity index (χ2v) is 7.20. The lowest BCUT2D eigenvalue weighted by atomic mass is 10.0. The third kappa shape index (κ3) is 5.69. The Kier molecular flexibility index (Phi) is 6.51. The first-order chi connectivity index (χ1) is 12.5. The van der Waals surface area contributed by atoms with Crippen molar-refractivity contribution in [2.75, 3.05) is 13.7 Å². The number of rotatable bonds is 7. The van der Waals surface area contributed by atoms with E-state index < -0.39 is 12.8 Å². The fraction of sp³-hybridized carbons (Fsp3) is 0.579. The minimum atomic E-state index is -4.36. The Hall–Kier alpha value is -2.09.